The number of ketones is 1. The summed E-state index contributed by atoms with van der Waals surface area (Å²) < 4.78 is 25.3. The fraction of sp³-hybridized carbons (Fsp3) is 0.462. The molecule has 1 aliphatic rings. The van der Waals surface area contributed by atoms with Gasteiger partial charge in [0.1, 0.15) is 5.82 Å². The van der Waals surface area contributed by atoms with E-state index in [2.05, 4.69) is 0 Å². The van der Waals surface area contributed by atoms with Crippen LogP contribution in [-0.2, 0) is 10.8 Å². The van der Waals surface area contributed by atoms with E-state index in [1.54, 1.807) is 12.1 Å². The van der Waals surface area contributed by atoms with Crippen molar-refractivity contribution in [3.05, 3.63) is 35.6 Å². The van der Waals surface area contributed by atoms with Crippen LogP contribution in [-0.4, -0.2) is 21.0 Å². The van der Waals surface area contributed by atoms with Gasteiger partial charge in [-0.15, -0.1) is 0 Å². The number of carbonyl (C=O) groups excluding carboxylic acids is 1. The molecule has 0 bridgehead atoms. The van der Waals surface area contributed by atoms with Gasteiger partial charge in [0, 0.05) is 16.0 Å². The van der Waals surface area contributed by atoms with Crippen molar-refractivity contribution in [3.8, 4) is 0 Å². The maximum atomic E-state index is 13.3. The lowest BCUT2D eigenvalue weighted by molar-refractivity contribution is 0.101. The third kappa shape index (κ3) is 3.00. The van der Waals surface area contributed by atoms with Gasteiger partial charge in [0.15, 0.2) is 5.78 Å². The highest BCUT2D eigenvalue weighted by Gasteiger charge is 2.24. The first-order valence-electron chi connectivity index (χ1n) is 5.83. The minimum atomic E-state index is -1.15. The number of rotatable bonds is 4. The SMILES string of the molecule is O=C(CS(=O)C1CCCC1)c1ccccc1F. The number of Topliss-reactive ketones (excluding diaryl/α,β-unsaturated/α-hetero) is 1. The zero-order valence-corrected chi connectivity index (χ0v) is 10.3. The van der Waals surface area contributed by atoms with Gasteiger partial charge in [-0.2, -0.15) is 0 Å². The molecule has 1 atom stereocenters. The van der Waals surface area contributed by atoms with Gasteiger partial charge in [-0.1, -0.05) is 25.0 Å². The molecular formula is C13H15FO2S. The molecule has 0 heterocycles. The van der Waals surface area contributed by atoms with Crippen LogP contribution in [0.15, 0.2) is 24.3 Å². The summed E-state index contributed by atoms with van der Waals surface area (Å²) in [5, 5.41) is 0.130. The van der Waals surface area contributed by atoms with Crippen molar-refractivity contribution in [1.29, 1.82) is 0 Å². The van der Waals surface area contributed by atoms with Crippen LogP contribution in [0.4, 0.5) is 4.39 Å². The second-order valence-electron chi connectivity index (χ2n) is 4.33. The Labute approximate surface area is 103 Å². The maximum Gasteiger partial charge on any atom is 0.178 e. The van der Waals surface area contributed by atoms with Crippen molar-refractivity contribution in [2.75, 3.05) is 5.75 Å². The first-order chi connectivity index (χ1) is 8.18. The van der Waals surface area contributed by atoms with Crippen LogP contribution >= 0.6 is 0 Å². The van der Waals surface area contributed by atoms with Gasteiger partial charge in [-0.25, -0.2) is 4.39 Å². The largest absolute Gasteiger partial charge is 0.293 e. The Bertz CT molecular complexity index is 439. The number of benzene rings is 1. The highest BCUT2D eigenvalue weighted by molar-refractivity contribution is 7.86. The van der Waals surface area contributed by atoms with E-state index in [1.807, 2.05) is 0 Å². The van der Waals surface area contributed by atoms with E-state index < -0.39 is 16.6 Å². The molecule has 2 nitrogen and oxygen atoms in total. The molecule has 0 aliphatic heterocycles. The van der Waals surface area contributed by atoms with Gasteiger partial charge in [0.2, 0.25) is 0 Å². The average molecular weight is 254 g/mol. The molecule has 0 spiro atoms. The van der Waals surface area contributed by atoms with Crippen molar-refractivity contribution in [3.63, 3.8) is 0 Å². The van der Waals surface area contributed by atoms with Crippen LogP contribution in [0.3, 0.4) is 0 Å². The Morgan fingerprint density at radius 1 is 1.29 bits per heavy atom. The summed E-state index contributed by atoms with van der Waals surface area (Å²) in [4.78, 5) is 11.8. The molecule has 0 aromatic heterocycles. The van der Waals surface area contributed by atoms with E-state index in [4.69, 9.17) is 0 Å². The van der Waals surface area contributed by atoms with Gasteiger partial charge in [-0.05, 0) is 25.0 Å². The van der Waals surface area contributed by atoms with Gasteiger partial charge >= 0.3 is 0 Å². The second-order valence-corrected chi connectivity index (χ2v) is 6.05. The number of carbonyl (C=O) groups is 1. The van der Waals surface area contributed by atoms with E-state index >= 15 is 0 Å². The van der Waals surface area contributed by atoms with Crippen LogP contribution in [0, 0.1) is 5.82 Å². The number of hydrogen-bond acceptors (Lipinski definition) is 2. The topological polar surface area (TPSA) is 34.1 Å². The van der Waals surface area contributed by atoms with E-state index in [9.17, 15) is 13.4 Å². The van der Waals surface area contributed by atoms with Gasteiger partial charge in [-0.3, -0.25) is 9.00 Å². The van der Waals surface area contributed by atoms with Gasteiger partial charge in [0.25, 0.3) is 0 Å². The number of hydrogen-bond donors (Lipinski definition) is 0. The van der Waals surface area contributed by atoms with Crippen molar-refractivity contribution >= 4 is 16.6 Å². The summed E-state index contributed by atoms with van der Waals surface area (Å²) in [5.41, 5.74) is 0.0545. The molecule has 0 radical (unpaired) electrons. The van der Waals surface area contributed by atoms with Crippen molar-refractivity contribution < 1.29 is 13.4 Å². The van der Waals surface area contributed by atoms with E-state index in [0.29, 0.717) is 0 Å². The highest BCUT2D eigenvalue weighted by Crippen LogP contribution is 2.23. The summed E-state index contributed by atoms with van der Waals surface area (Å²) in [6, 6.07) is 5.87. The first kappa shape index (κ1) is 12.4. The highest BCUT2D eigenvalue weighted by atomic mass is 32.2. The Morgan fingerprint density at radius 2 is 1.94 bits per heavy atom. The third-order valence-electron chi connectivity index (χ3n) is 3.12. The summed E-state index contributed by atoms with van der Waals surface area (Å²) in [6.07, 6.45) is 4.03. The Balaban J connectivity index is 2.02. The van der Waals surface area contributed by atoms with Crippen molar-refractivity contribution in [2.24, 2.45) is 0 Å². The van der Waals surface area contributed by atoms with Crippen molar-refractivity contribution in [1.82, 2.24) is 0 Å². The van der Waals surface area contributed by atoms with E-state index in [0.717, 1.165) is 25.7 Å². The molecule has 0 N–H and O–H groups in total. The number of halogens is 1. The maximum absolute atomic E-state index is 13.3. The summed E-state index contributed by atoms with van der Waals surface area (Å²) in [5.74, 6) is -0.930. The summed E-state index contributed by atoms with van der Waals surface area (Å²) in [6.45, 7) is 0. The zero-order valence-electron chi connectivity index (χ0n) is 9.52. The standard InChI is InChI=1S/C13H15FO2S/c14-12-8-4-3-7-11(12)13(15)9-17(16)10-5-1-2-6-10/h3-4,7-8,10H,1-2,5-6,9H2. The lowest BCUT2D eigenvalue weighted by Gasteiger charge is -2.08. The Hall–Kier alpha value is -1.03. The molecule has 2 rings (SSSR count). The van der Waals surface area contributed by atoms with Crippen LogP contribution in [0.5, 0.6) is 0 Å². The molecule has 92 valence electrons. The lowest BCUT2D eigenvalue weighted by Crippen LogP contribution is -2.20. The van der Waals surface area contributed by atoms with Gasteiger partial charge < -0.3 is 0 Å². The Kier molecular flexibility index (Phi) is 4.05. The molecule has 1 fully saturated rings. The zero-order chi connectivity index (χ0) is 12.3. The predicted octanol–water partition coefficient (Wildman–Crippen LogP) is 2.70. The van der Waals surface area contributed by atoms with Crippen LogP contribution in [0.2, 0.25) is 0 Å². The second kappa shape index (κ2) is 5.54. The quantitative estimate of drug-likeness (QED) is 0.774. The van der Waals surface area contributed by atoms with Gasteiger partial charge in [0.05, 0.1) is 11.3 Å². The minimum Gasteiger partial charge on any atom is -0.293 e. The first-order valence-corrected chi connectivity index (χ1v) is 7.21. The van der Waals surface area contributed by atoms with Crippen LogP contribution < -0.4 is 0 Å². The van der Waals surface area contributed by atoms with Crippen molar-refractivity contribution in [2.45, 2.75) is 30.9 Å². The molecule has 1 saturated carbocycles. The smallest absolute Gasteiger partial charge is 0.178 e. The fourth-order valence-electron chi connectivity index (χ4n) is 2.16. The molecule has 4 heteroatoms. The lowest BCUT2D eigenvalue weighted by atomic mass is 10.1. The monoisotopic (exact) mass is 254 g/mol. The molecule has 1 unspecified atom stereocenters. The molecule has 1 aromatic rings. The molecule has 1 aromatic carbocycles. The minimum absolute atomic E-state index is 0.0500. The van der Waals surface area contributed by atoms with Crippen LogP contribution in [0.25, 0.3) is 0 Å². The average Bonchev–Trinajstić information content (AvgIpc) is 2.82. The molecular weight excluding hydrogens is 239 g/mol. The van der Waals surface area contributed by atoms with E-state index in [1.165, 1.54) is 12.1 Å². The summed E-state index contributed by atoms with van der Waals surface area (Å²) >= 11 is 0. The molecule has 1 aliphatic carbocycles. The normalized spacial score (nSPS) is 18.2. The molecule has 0 saturated heterocycles. The molecule has 17 heavy (non-hydrogen) atoms. The van der Waals surface area contributed by atoms with Crippen LogP contribution in [0.1, 0.15) is 36.0 Å². The third-order valence-corrected chi connectivity index (χ3v) is 4.88. The van der Waals surface area contributed by atoms with E-state index in [-0.39, 0.29) is 22.3 Å². The summed E-state index contributed by atoms with van der Waals surface area (Å²) in [7, 11) is -1.15. The Morgan fingerprint density at radius 3 is 2.59 bits per heavy atom. The fourth-order valence-corrected chi connectivity index (χ4v) is 3.67. The molecule has 0 amide bonds. The predicted molar refractivity (Wildman–Crippen MR) is 66.0 cm³/mol.